The molecule has 0 saturated carbocycles. The maximum atomic E-state index is 9.03. The average Bonchev–Trinajstić information content (AvgIpc) is 3.56. The number of hydrogen-bond acceptors (Lipinski definition) is 1. The molecular formula is C38H24O. The summed E-state index contributed by atoms with van der Waals surface area (Å²) in [5.41, 5.74) is 0.628. The Kier molecular flexibility index (Phi) is 2.53. The van der Waals surface area contributed by atoms with E-state index in [-0.39, 0.29) is 73.6 Å². The Morgan fingerprint density at radius 2 is 1.03 bits per heavy atom. The molecule has 1 heteroatoms. The van der Waals surface area contributed by atoms with Gasteiger partial charge in [-0.1, -0.05) is 127 Å². The fourth-order valence-corrected chi connectivity index (χ4v) is 5.25. The minimum absolute atomic E-state index is 0.0380. The summed E-state index contributed by atoms with van der Waals surface area (Å²) in [6.45, 7) is 0. The molecule has 0 amide bonds. The molecule has 1 aromatic heterocycles. The lowest BCUT2D eigenvalue weighted by Crippen LogP contribution is -1.91. The highest BCUT2D eigenvalue weighted by Crippen LogP contribution is 2.44. The molecule has 0 saturated heterocycles. The van der Waals surface area contributed by atoms with Crippen molar-refractivity contribution in [3.63, 3.8) is 0 Å². The molecule has 8 aromatic rings. The van der Waals surface area contributed by atoms with Crippen LogP contribution in [0.4, 0.5) is 0 Å². The molecule has 0 radical (unpaired) electrons. The summed E-state index contributed by atoms with van der Waals surface area (Å²) in [6.07, 6.45) is 0. The van der Waals surface area contributed by atoms with E-state index in [0.717, 1.165) is 0 Å². The molecule has 1 heterocycles. The Morgan fingerprint density at radius 1 is 0.436 bits per heavy atom. The van der Waals surface area contributed by atoms with Gasteiger partial charge >= 0.3 is 0 Å². The molecule has 8 rings (SSSR count). The lowest BCUT2D eigenvalue weighted by atomic mass is 9.85. The Labute approximate surface area is 249 Å². The summed E-state index contributed by atoms with van der Waals surface area (Å²) < 4.78 is 143. The van der Waals surface area contributed by atoms with Gasteiger partial charge in [0.15, 0.2) is 0 Å². The van der Waals surface area contributed by atoms with Gasteiger partial charge in [-0.3, -0.25) is 0 Å². The molecule has 0 spiro atoms. The van der Waals surface area contributed by atoms with E-state index >= 15 is 0 Å². The van der Waals surface area contributed by atoms with E-state index in [9.17, 15) is 0 Å². The lowest BCUT2D eigenvalue weighted by Gasteiger charge is -2.18. The highest BCUT2D eigenvalue weighted by molar-refractivity contribution is 6.21. The van der Waals surface area contributed by atoms with Crippen LogP contribution in [0.2, 0.25) is 0 Å². The maximum absolute atomic E-state index is 9.03. The van der Waals surface area contributed by atoms with E-state index < -0.39 is 72.5 Å². The molecule has 7 aromatic carbocycles. The molecule has 1 nitrogen and oxygen atoms in total. The first-order chi connectivity index (χ1) is 26.0. The molecule has 0 atom stereocenters. The van der Waals surface area contributed by atoms with E-state index in [1.807, 2.05) is 0 Å². The van der Waals surface area contributed by atoms with Crippen molar-refractivity contribution in [2.45, 2.75) is 0 Å². The normalized spacial score (nSPS) is 17.3. The summed E-state index contributed by atoms with van der Waals surface area (Å²) in [4.78, 5) is 0. The van der Waals surface area contributed by atoms with Gasteiger partial charge in [0.25, 0.3) is 0 Å². The van der Waals surface area contributed by atoms with Gasteiger partial charge in [-0.15, -0.1) is 0 Å². The molecule has 0 N–H and O–H groups in total. The van der Waals surface area contributed by atoms with Crippen LogP contribution in [0, 0.1) is 0 Å². The standard InChI is InChI=1S/C38H24O/c1-2-12-25(13-3-1)36-29-16-4-6-18-31(29)37(32-19-7-5-17-30(32)36)27-15-10-14-26(24-27)28-21-11-23-35-38(28)33-20-8-9-22-34(33)39-35/h1-24H/i1D,2D,3D,4D,5D,6D,7D,8D,9D,11D,12D,13D,20D,21D,22D,23D. The predicted molar refractivity (Wildman–Crippen MR) is 165 cm³/mol. The lowest BCUT2D eigenvalue weighted by molar-refractivity contribution is 0.669. The van der Waals surface area contributed by atoms with Crippen molar-refractivity contribution in [1.82, 2.24) is 0 Å². The fourth-order valence-electron chi connectivity index (χ4n) is 5.25. The number of fused-ring (bicyclic) bond motifs is 5. The van der Waals surface area contributed by atoms with Gasteiger partial charge < -0.3 is 4.42 Å². The van der Waals surface area contributed by atoms with Gasteiger partial charge in [-0.2, -0.15) is 0 Å². The van der Waals surface area contributed by atoms with Gasteiger partial charge in [0.2, 0.25) is 0 Å². The smallest absolute Gasteiger partial charge is 0.136 e. The van der Waals surface area contributed by atoms with Crippen LogP contribution in [0.15, 0.2) is 150 Å². The third-order valence-corrected chi connectivity index (χ3v) is 6.83. The molecule has 39 heavy (non-hydrogen) atoms. The molecule has 0 fully saturated rings. The molecular weight excluding hydrogens is 472 g/mol. The number of para-hydroxylation sites is 1. The summed E-state index contributed by atoms with van der Waals surface area (Å²) in [5.74, 6) is 0. The second kappa shape index (κ2) is 8.72. The van der Waals surface area contributed by atoms with Crippen molar-refractivity contribution in [2.75, 3.05) is 0 Å². The summed E-state index contributed by atoms with van der Waals surface area (Å²) in [6, 6.07) is 4.99. The molecule has 0 bridgehead atoms. The second-order valence-corrected chi connectivity index (χ2v) is 8.90. The third kappa shape index (κ3) is 3.41. The van der Waals surface area contributed by atoms with Crippen molar-refractivity contribution < 1.29 is 26.3 Å². The van der Waals surface area contributed by atoms with Gasteiger partial charge in [0, 0.05) is 10.8 Å². The minimum Gasteiger partial charge on any atom is -0.456 e. The first kappa shape index (κ1) is 11.3. The summed E-state index contributed by atoms with van der Waals surface area (Å²) in [5, 5.41) is 1.06. The highest BCUT2D eigenvalue weighted by Gasteiger charge is 2.17. The molecule has 0 aliphatic carbocycles. The molecule has 0 aliphatic heterocycles. The number of rotatable bonds is 3. The SMILES string of the molecule is [2H]c1cc2c(-c3cccc(-c4c([2H])c([2H])c([2H])c5oc6c([2H])c([2H])c([2H])c([2H])c6c45)c3)c3cc([2H])c([2H])cc3c(-c3c([2H])c([2H])c([2H])c([2H])c3[2H])c2cc1[2H]. The van der Waals surface area contributed by atoms with Gasteiger partial charge in [0.1, 0.15) is 11.2 Å². The van der Waals surface area contributed by atoms with Crippen molar-refractivity contribution >= 4 is 43.5 Å². The summed E-state index contributed by atoms with van der Waals surface area (Å²) >= 11 is 0. The average molecular weight is 513 g/mol. The third-order valence-electron chi connectivity index (χ3n) is 6.83. The minimum atomic E-state index is -0.608. The van der Waals surface area contributed by atoms with E-state index in [1.54, 1.807) is 24.3 Å². The Bertz CT molecular complexity index is 2960. The van der Waals surface area contributed by atoms with Crippen LogP contribution in [0.5, 0.6) is 0 Å². The largest absolute Gasteiger partial charge is 0.456 e. The van der Waals surface area contributed by atoms with Crippen LogP contribution in [-0.2, 0) is 0 Å². The predicted octanol–water partition coefficient (Wildman–Crippen LogP) is 10.9. The topological polar surface area (TPSA) is 13.1 Å². The van der Waals surface area contributed by atoms with Gasteiger partial charge in [-0.05, 0) is 73.1 Å². The number of hydrogen-bond donors (Lipinski definition) is 0. The number of benzene rings is 7. The Hall–Kier alpha value is -5.14. The van der Waals surface area contributed by atoms with Crippen molar-refractivity contribution in [3.05, 3.63) is 145 Å². The monoisotopic (exact) mass is 512 g/mol. The van der Waals surface area contributed by atoms with Crippen LogP contribution in [0.1, 0.15) is 21.9 Å². The van der Waals surface area contributed by atoms with Crippen LogP contribution >= 0.6 is 0 Å². The highest BCUT2D eigenvalue weighted by atomic mass is 16.3. The van der Waals surface area contributed by atoms with E-state index in [2.05, 4.69) is 0 Å². The van der Waals surface area contributed by atoms with Crippen LogP contribution in [-0.4, -0.2) is 0 Å². The zero-order valence-electron chi connectivity index (χ0n) is 36.0. The second-order valence-electron chi connectivity index (χ2n) is 8.90. The van der Waals surface area contributed by atoms with Crippen LogP contribution in [0.25, 0.3) is 76.9 Å². The van der Waals surface area contributed by atoms with E-state index in [0.29, 0.717) is 27.5 Å². The van der Waals surface area contributed by atoms with Gasteiger partial charge in [0.05, 0.1) is 21.9 Å². The zero-order valence-corrected chi connectivity index (χ0v) is 20.0. The van der Waals surface area contributed by atoms with Gasteiger partial charge in [-0.25, -0.2) is 0 Å². The first-order valence-corrected chi connectivity index (χ1v) is 12.0. The van der Waals surface area contributed by atoms with Crippen molar-refractivity contribution in [2.24, 2.45) is 0 Å². The van der Waals surface area contributed by atoms with Crippen molar-refractivity contribution in [3.8, 4) is 33.4 Å². The maximum Gasteiger partial charge on any atom is 0.136 e. The Morgan fingerprint density at radius 3 is 1.74 bits per heavy atom. The molecule has 0 unspecified atom stereocenters. The fraction of sp³-hybridized carbons (Fsp3) is 0. The van der Waals surface area contributed by atoms with Crippen LogP contribution < -0.4 is 0 Å². The Balaban J connectivity index is 1.54. The molecule has 0 aliphatic rings. The zero-order chi connectivity index (χ0) is 39.7. The van der Waals surface area contributed by atoms with Crippen LogP contribution in [0.3, 0.4) is 0 Å². The molecule has 182 valence electrons. The summed E-state index contributed by atoms with van der Waals surface area (Å²) in [7, 11) is 0. The van der Waals surface area contributed by atoms with Crippen molar-refractivity contribution in [1.29, 1.82) is 0 Å². The number of furan rings is 1. The first-order valence-electron chi connectivity index (χ1n) is 20.0. The van der Waals surface area contributed by atoms with E-state index in [1.165, 1.54) is 24.3 Å². The quantitative estimate of drug-likeness (QED) is 0.215. The van der Waals surface area contributed by atoms with E-state index in [4.69, 9.17) is 26.3 Å².